The van der Waals surface area contributed by atoms with Gasteiger partial charge in [0.2, 0.25) is 5.95 Å². The van der Waals surface area contributed by atoms with E-state index in [1.807, 2.05) is 0 Å². The van der Waals surface area contributed by atoms with Gasteiger partial charge in [-0.15, -0.1) is 0 Å². The Morgan fingerprint density at radius 2 is 2.00 bits per heavy atom. The van der Waals surface area contributed by atoms with E-state index in [9.17, 15) is 5.11 Å². The first-order valence-electron chi connectivity index (χ1n) is 8.64. The molecule has 0 unspecified atom stereocenters. The third kappa shape index (κ3) is 4.19. The third-order valence-corrected chi connectivity index (χ3v) is 4.90. The molecular weight excluding hydrogens is 292 g/mol. The second-order valence-corrected chi connectivity index (χ2v) is 7.17. The average Bonchev–Trinajstić information content (AvgIpc) is 2.56. The predicted octanol–water partition coefficient (Wildman–Crippen LogP) is 1.30. The van der Waals surface area contributed by atoms with Crippen LogP contribution >= 0.6 is 0 Å². The van der Waals surface area contributed by atoms with Crippen molar-refractivity contribution in [2.45, 2.75) is 44.8 Å². The molecule has 23 heavy (non-hydrogen) atoms. The first-order valence-corrected chi connectivity index (χ1v) is 8.64. The Labute approximate surface area is 138 Å². The van der Waals surface area contributed by atoms with Gasteiger partial charge in [0.15, 0.2) is 0 Å². The topological polar surface area (TPSA) is 70.5 Å². The van der Waals surface area contributed by atoms with Gasteiger partial charge in [-0.1, -0.05) is 0 Å². The molecule has 2 saturated heterocycles. The molecule has 1 atom stereocenters. The van der Waals surface area contributed by atoms with E-state index in [4.69, 9.17) is 4.74 Å². The zero-order valence-electron chi connectivity index (χ0n) is 14.2. The smallest absolute Gasteiger partial charge is 0.225 e. The number of aromatic nitrogens is 2. The van der Waals surface area contributed by atoms with Crippen molar-refractivity contribution in [3.8, 4) is 0 Å². The summed E-state index contributed by atoms with van der Waals surface area (Å²) in [5.74, 6) is 1.50. The van der Waals surface area contributed by atoms with Crippen molar-refractivity contribution >= 4 is 5.95 Å². The molecule has 3 rings (SSSR count). The van der Waals surface area contributed by atoms with Gasteiger partial charge in [-0.25, -0.2) is 9.97 Å². The van der Waals surface area contributed by atoms with Gasteiger partial charge in [-0.3, -0.25) is 0 Å². The normalized spacial score (nSPS) is 24.0. The van der Waals surface area contributed by atoms with Gasteiger partial charge in [0.1, 0.15) is 0 Å². The van der Waals surface area contributed by atoms with Crippen molar-refractivity contribution in [1.29, 1.82) is 0 Å². The Balaban J connectivity index is 1.70. The van der Waals surface area contributed by atoms with Gasteiger partial charge >= 0.3 is 0 Å². The van der Waals surface area contributed by atoms with E-state index in [0.29, 0.717) is 6.04 Å². The van der Waals surface area contributed by atoms with Crippen LogP contribution in [0.15, 0.2) is 12.4 Å². The van der Waals surface area contributed by atoms with Crippen molar-refractivity contribution in [3.05, 3.63) is 18.0 Å². The highest BCUT2D eigenvalue weighted by atomic mass is 16.5. The Kier molecular flexibility index (Phi) is 5.14. The largest absolute Gasteiger partial charge is 0.386 e. The lowest BCUT2D eigenvalue weighted by Crippen LogP contribution is -2.53. The second-order valence-electron chi connectivity index (χ2n) is 7.17. The maximum atomic E-state index is 10.0. The number of piperazine rings is 1. The summed E-state index contributed by atoms with van der Waals surface area (Å²) < 4.78 is 5.47. The van der Waals surface area contributed by atoms with Gasteiger partial charge in [-0.2, -0.15) is 0 Å². The standard InChI is InChI=1S/C17H28N4O2/c1-17(2,22)14-10-19-16(20-11-14)21-6-5-18-12-15(21)9-13-3-7-23-8-4-13/h10-11,13,15,18,22H,3-9,12H2,1-2H3/t15-/m0/s1. The molecule has 0 amide bonds. The lowest BCUT2D eigenvalue weighted by atomic mass is 9.91. The molecule has 1 aromatic rings. The highest BCUT2D eigenvalue weighted by Crippen LogP contribution is 2.26. The highest BCUT2D eigenvalue weighted by molar-refractivity contribution is 5.34. The Morgan fingerprint density at radius 1 is 1.30 bits per heavy atom. The van der Waals surface area contributed by atoms with E-state index in [1.165, 1.54) is 0 Å². The number of ether oxygens (including phenoxy) is 1. The van der Waals surface area contributed by atoms with E-state index < -0.39 is 5.60 Å². The molecule has 2 aliphatic rings. The third-order valence-electron chi connectivity index (χ3n) is 4.90. The van der Waals surface area contributed by atoms with Crippen LogP contribution in [0, 0.1) is 5.92 Å². The van der Waals surface area contributed by atoms with E-state index in [-0.39, 0.29) is 0 Å². The second kappa shape index (κ2) is 7.11. The quantitative estimate of drug-likeness (QED) is 0.871. The van der Waals surface area contributed by atoms with Crippen LogP contribution in [0.25, 0.3) is 0 Å². The van der Waals surface area contributed by atoms with Crippen LogP contribution in [0.2, 0.25) is 0 Å². The SMILES string of the molecule is CC(C)(O)c1cnc(N2CCNC[C@@H]2CC2CCOCC2)nc1. The molecule has 2 fully saturated rings. The summed E-state index contributed by atoms with van der Waals surface area (Å²) in [6.45, 7) is 8.15. The fraction of sp³-hybridized carbons (Fsp3) is 0.765. The van der Waals surface area contributed by atoms with Crippen LogP contribution < -0.4 is 10.2 Å². The number of nitrogens with zero attached hydrogens (tertiary/aromatic N) is 3. The molecule has 0 aromatic carbocycles. The van der Waals surface area contributed by atoms with Crippen molar-refractivity contribution in [2.75, 3.05) is 37.7 Å². The molecule has 6 nitrogen and oxygen atoms in total. The number of aliphatic hydroxyl groups is 1. The molecule has 0 spiro atoms. The molecule has 0 bridgehead atoms. The Hall–Kier alpha value is -1.24. The maximum Gasteiger partial charge on any atom is 0.225 e. The lowest BCUT2D eigenvalue weighted by Gasteiger charge is -2.38. The summed E-state index contributed by atoms with van der Waals surface area (Å²) in [6, 6.07) is 0.430. The van der Waals surface area contributed by atoms with Gasteiger partial charge < -0.3 is 20.1 Å². The van der Waals surface area contributed by atoms with E-state index >= 15 is 0 Å². The zero-order chi connectivity index (χ0) is 16.3. The Morgan fingerprint density at radius 3 is 2.65 bits per heavy atom. The zero-order valence-corrected chi connectivity index (χ0v) is 14.2. The number of anilines is 1. The summed E-state index contributed by atoms with van der Waals surface area (Å²) >= 11 is 0. The molecule has 0 saturated carbocycles. The van der Waals surface area contributed by atoms with Crippen molar-refractivity contribution < 1.29 is 9.84 Å². The summed E-state index contributed by atoms with van der Waals surface area (Å²) in [7, 11) is 0. The fourth-order valence-electron chi connectivity index (χ4n) is 3.39. The van der Waals surface area contributed by atoms with Crippen molar-refractivity contribution in [1.82, 2.24) is 15.3 Å². The molecule has 1 aromatic heterocycles. The summed E-state index contributed by atoms with van der Waals surface area (Å²) in [5, 5.41) is 13.5. The number of nitrogens with one attached hydrogen (secondary N) is 1. The number of hydrogen-bond donors (Lipinski definition) is 2. The number of rotatable bonds is 4. The van der Waals surface area contributed by atoms with Crippen LogP contribution in [0.1, 0.15) is 38.7 Å². The van der Waals surface area contributed by atoms with Gasteiger partial charge in [0.25, 0.3) is 0 Å². The van der Waals surface area contributed by atoms with E-state index in [2.05, 4.69) is 20.2 Å². The monoisotopic (exact) mass is 320 g/mol. The average molecular weight is 320 g/mol. The molecule has 2 N–H and O–H groups in total. The fourth-order valence-corrected chi connectivity index (χ4v) is 3.39. The minimum absolute atomic E-state index is 0.430. The van der Waals surface area contributed by atoms with Gasteiger partial charge in [0, 0.05) is 56.8 Å². The first kappa shape index (κ1) is 16.6. The molecule has 0 radical (unpaired) electrons. The minimum atomic E-state index is -0.899. The van der Waals surface area contributed by atoms with Gasteiger partial charge in [-0.05, 0) is 39.0 Å². The van der Waals surface area contributed by atoms with Crippen molar-refractivity contribution in [3.63, 3.8) is 0 Å². The lowest BCUT2D eigenvalue weighted by molar-refractivity contribution is 0.0611. The molecule has 2 aliphatic heterocycles. The van der Waals surface area contributed by atoms with Crippen LogP contribution in [0.4, 0.5) is 5.95 Å². The van der Waals surface area contributed by atoms with Crippen LogP contribution in [0.5, 0.6) is 0 Å². The van der Waals surface area contributed by atoms with Crippen LogP contribution in [0.3, 0.4) is 0 Å². The maximum absolute atomic E-state index is 10.0. The molecule has 128 valence electrons. The van der Waals surface area contributed by atoms with Crippen LogP contribution in [-0.4, -0.2) is 54.0 Å². The summed E-state index contributed by atoms with van der Waals surface area (Å²) in [5.41, 5.74) is -0.152. The summed E-state index contributed by atoms with van der Waals surface area (Å²) in [4.78, 5) is 11.3. The Bertz CT molecular complexity index is 494. The van der Waals surface area contributed by atoms with Gasteiger partial charge in [0.05, 0.1) is 5.60 Å². The number of hydrogen-bond acceptors (Lipinski definition) is 6. The first-order chi connectivity index (χ1) is 11.0. The highest BCUT2D eigenvalue weighted by Gasteiger charge is 2.28. The van der Waals surface area contributed by atoms with E-state index in [1.54, 1.807) is 26.2 Å². The van der Waals surface area contributed by atoms with E-state index in [0.717, 1.165) is 69.5 Å². The predicted molar refractivity (Wildman–Crippen MR) is 89.4 cm³/mol. The van der Waals surface area contributed by atoms with Crippen LogP contribution in [-0.2, 0) is 10.3 Å². The summed E-state index contributed by atoms with van der Waals surface area (Å²) in [6.07, 6.45) is 6.96. The molecular formula is C17H28N4O2. The molecule has 0 aliphatic carbocycles. The molecule has 3 heterocycles. The minimum Gasteiger partial charge on any atom is -0.386 e. The molecule has 6 heteroatoms. The van der Waals surface area contributed by atoms with Crippen molar-refractivity contribution in [2.24, 2.45) is 5.92 Å².